The SMILES string of the molecule is Cc1cccc(N(C)C[C@@H](O)[C@H](Cc2ccccc2)NC(=O)c2cccc(C(=O)N(C)Cc3nc(C)cs3)c2)n1. The number of rotatable bonds is 11. The summed E-state index contributed by atoms with van der Waals surface area (Å²) in [6.07, 6.45) is -0.439. The van der Waals surface area contributed by atoms with Crippen molar-refractivity contribution in [3.8, 4) is 0 Å². The summed E-state index contributed by atoms with van der Waals surface area (Å²) >= 11 is 1.51. The molecule has 9 heteroatoms. The Morgan fingerprint density at radius 3 is 2.35 bits per heavy atom. The fourth-order valence-corrected chi connectivity index (χ4v) is 5.23. The number of likely N-dealkylation sites (N-methyl/N-ethyl adjacent to an activating group) is 1. The van der Waals surface area contributed by atoms with Gasteiger partial charge >= 0.3 is 0 Å². The van der Waals surface area contributed by atoms with Crippen LogP contribution >= 0.6 is 11.3 Å². The highest BCUT2D eigenvalue weighted by atomic mass is 32.1. The number of nitrogens with one attached hydrogen (secondary N) is 1. The molecule has 0 unspecified atom stereocenters. The van der Waals surface area contributed by atoms with E-state index in [1.807, 2.05) is 79.7 Å². The molecule has 0 aliphatic carbocycles. The topological polar surface area (TPSA) is 98.7 Å². The molecule has 0 saturated heterocycles. The number of aryl methyl sites for hydroxylation is 2. The number of nitrogens with zero attached hydrogens (tertiary/aromatic N) is 4. The van der Waals surface area contributed by atoms with Crippen LogP contribution < -0.4 is 10.2 Å². The highest BCUT2D eigenvalue weighted by Crippen LogP contribution is 2.16. The van der Waals surface area contributed by atoms with Gasteiger partial charge in [0.25, 0.3) is 11.8 Å². The summed E-state index contributed by atoms with van der Waals surface area (Å²) < 4.78 is 0. The standard InChI is InChI=1S/C31H35N5O3S/c1-21-10-8-15-28(32-21)35(3)18-27(37)26(16-23-11-6-5-7-12-23)34-30(38)24-13-9-14-25(17-24)31(39)36(4)19-29-33-22(2)20-40-29/h5-15,17,20,26-27,37H,16,18-19H2,1-4H3,(H,34,38)/t26-,27+/m0/s1. The molecule has 0 radical (unpaired) electrons. The molecular formula is C31H35N5O3S. The van der Waals surface area contributed by atoms with E-state index < -0.39 is 12.1 Å². The second-order valence-electron chi connectivity index (χ2n) is 9.98. The normalized spacial score (nSPS) is 12.4. The van der Waals surface area contributed by atoms with Crippen LogP contribution in [0.3, 0.4) is 0 Å². The number of amides is 2. The van der Waals surface area contributed by atoms with E-state index in [-0.39, 0.29) is 18.4 Å². The number of hydrogen-bond acceptors (Lipinski definition) is 7. The van der Waals surface area contributed by atoms with Gasteiger partial charge in [0.05, 0.1) is 18.7 Å². The Balaban J connectivity index is 1.48. The maximum absolute atomic E-state index is 13.4. The Kier molecular flexibility index (Phi) is 9.63. The van der Waals surface area contributed by atoms with Gasteiger partial charge in [-0.25, -0.2) is 9.97 Å². The Morgan fingerprint density at radius 1 is 0.925 bits per heavy atom. The van der Waals surface area contributed by atoms with Crippen LogP contribution in [0, 0.1) is 13.8 Å². The minimum Gasteiger partial charge on any atom is -0.389 e. The summed E-state index contributed by atoms with van der Waals surface area (Å²) in [7, 11) is 3.59. The van der Waals surface area contributed by atoms with Crippen LogP contribution in [0.2, 0.25) is 0 Å². The molecule has 0 spiro atoms. The van der Waals surface area contributed by atoms with Crippen molar-refractivity contribution in [3.63, 3.8) is 0 Å². The second-order valence-corrected chi connectivity index (χ2v) is 10.9. The zero-order valence-electron chi connectivity index (χ0n) is 23.2. The zero-order valence-corrected chi connectivity index (χ0v) is 24.1. The van der Waals surface area contributed by atoms with Gasteiger partial charge in [0, 0.05) is 48.5 Å². The Labute approximate surface area is 239 Å². The van der Waals surface area contributed by atoms with Crippen LogP contribution in [0.25, 0.3) is 0 Å². The Bertz CT molecular complexity index is 1440. The zero-order chi connectivity index (χ0) is 28.6. The van der Waals surface area contributed by atoms with Crippen molar-refractivity contribution in [1.29, 1.82) is 0 Å². The Morgan fingerprint density at radius 2 is 1.65 bits per heavy atom. The minimum absolute atomic E-state index is 0.198. The number of carbonyl (C=O) groups is 2. The number of aliphatic hydroxyl groups excluding tert-OH is 1. The Hall–Kier alpha value is -4.08. The summed E-state index contributed by atoms with van der Waals surface area (Å²) in [5.74, 6) is 0.187. The van der Waals surface area contributed by atoms with Crippen molar-refractivity contribution in [2.45, 2.75) is 39.0 Å². The lowest BCUT2D eigenvalue weighted by Gasteiger charge is -2.29. The molecule has 2 N–H and O–H groups in total. The molecule has 2 heterocycles. The lowest BCUT2D eigenvalue weighted by Crippen LogP contribution is -2.49. The average molecular weight is 558 g/mol. The predicted octanol–water partition coefficient (Wildman–Crippen LogP) is 4.27. The first-order chi connectivity index (χ1) is 19.2. The van der Waals surface area contributed by atoms with Gasteiger partial charge in [-0.15, -0.1) is 11.3 Å². The molecule has 4 aromatic rings. The summed E-state index contributed by atoms with van der Waals surface area (Å²) in [5.41, 5.74) is 3.56. The van der Waals surface area contributed by atoms with Crippen molar-refractivity contribution in [3.05, 3.63) is 111 Å². The van der Waals surface area contributed by atoms with E-state index in [4.69, 9.17) is 0 Å². The molecule has 8 nitrogen and oxygen atoms in total. The van der Waals surface area contributed by atoms with Crippen molar-refractivity contribution < 1.29 is 14.7 Å². The maximum Gasteiger partial charge on any atom is 0.253 e. The molecule has 0 aliphatic rings. The van der Waals surface area contributed by atoms with E-state index in [0.717, 1.165) is 27.8 Å². The van der Waals surface area contributed by atoms with Crippen LogP contribution in [-0.2, 0) is 13.0 Å². The monoisotopic (exact) mass is 557 g/mol. The lowest BCUT2D eigenvalue weighted by atomic mass is 10.00. The summed E-state index contributed by atoms with van der Waals surface area (Å²) in [6, 6.07) is 21.6. The third-order valence-electron chi connectivity index (χ3n) is 6.56. The van der Waals surface area contributed by atoms with Crippen LogP contribution in [0.15, 0.2) is 78.2 Å². The number of carbonyl (C=O) groups excluding carboxylic acids is 2. The first-order valence-corrected chi connectivity index (χ1v) is 14.0. The van der Waals surface area contributed by atoms with Gasteiger partial charge in [-0.3, -0.25) is 9.59 Å². The number of aliphatic hydroxyl groups is 1. The molecule has 0 saturated carbocycles. The van der Waals surface area contributed by atoms with E-state index in [1.165, 1.54) is 11.3 Å². The van der Waals surface area contributed by atoms with E-state index in [9.17, 15) is 14.7 Å². The quantitative estimate of drug-likeness (QED) is 0.286. The molecule has 4 rings (SSSR count). The lowest BCUT2D eigenvalue weighted by molar-refractivity contribution is 0.0785. The van der Waals surface area contributed by atoms with Crippen molar-refractivity contribution in [2.75, 3.05) is 25.5 Å². The van der Waals surface area contributed by atoms with E-state index in [0.29, 0.717) is 24.1 Å². The fourth-order valence-electron chi connectivity index (χ4n) is 4.41. The maximum atomic E-state index is 13.4. The number of benzene rings is 2. The number of pyridine rings is 1. The van der Waals surface area contributed by atoms with Crippen LogP contribution in [0.5, 0.6) is 0 Å². The molecule has 2 atom stereocenters. The van der Waals surface area contributed by atoms with E-state index in [1.54, 1.807) is 36.2 Å². The van der Waals surface area contributed by atoms with Gasteiger partial charge < -0.3 is 20.2 Å². The molecular weight excluding hydrogens is 522 g/mol. The van der Waals surface area contributed by atoms with Crippen molar-refractivity contribution in [1.82, 2.24) is 20.2 Å². The van der Waals surface area contributed by atoms with Gasteiger partial charge in [-0.2, -0.15) is 0 Å². The van der Waals surface area contributed by atoms with Gasteiger partial charge in [-0.1, -0.05) is 42.5 Å². The number of hydrogen-bond donors (Lipinski definition) is 2. The first-order valence-electron chi connectivity index (χ1n) is 13.1. The smallest absolute Gasteiger partial charge is 0.253 e. The molecule has 0 bridgehead atoms. The highest BCUT2D eigenvalue weighted by Gasteiger charge is 2.25. The second kappa shape index (κ2) is 13.3. The molecule has 0 aliphatic heterocycles. The van der Waals surface area contributed by atoms with Crippen LogP contribution in [0.4, 0.5) is 5.82 Å². The fraction of sp³-hybridized carbons (Fsp3) is 0.290. The summed E-state index contributed by atoms with van der Waals surface area (Å²) in [6.45, 7) is 4.50. The number of aromatic nitrogens is 2. The first kappa shape index (κ1) is 28.9. The number of thiazole rings is 1. The van der Waals surface area contributed by atoms with Gasteiger partial charge in [0.15, 0.2) is 0 Å². The summed E-state index contributed by atoms with van der Waals surface area (Å²) in [5, 5.41) is 17.1. The van der Waals surface area contributed by atoms with Crippen molar-refractivity contribution >= 4 is 29.0 Å². The largest absolute Gasteiger partial charge is 0.389 e. The molecule has 40 heavy (non-hydrogen) atoms. The van der Waals surface area contributed by atoms with Crippen LogP contribution in [0.1, 0.15) is 42.7 Å². The molecule has 0 fully saturated rings. The number of anilines is 1. The van der Waals surface area contributed by atoms with Crippen LogP contribution in [-0.4, -0.2) is 64.6 Å². The molecule has 2 aromatic heterocycles. The van der Waals surface area contributed by atoms with E-state index >= 15 is 0 Å². The summed E-state index contributed by atoms with van der Waals surface area (Å²) in [4.78, 5) is 38.9. The minimum atomic E-state index is -0.880. The predicted molar refractivity (Wildman–Crippen MR) is 159 cm³/mol. The van der Waals surface area contributed by atoms with Gasteiger partial charge in [0.1, 0.15) is 10.8 Å². The highest BCUT2D eigenvalue weighted by molar-refractivity contribution is 7.09. The molecule has 208 valence electrons. The van der Waals surface area contributed by atoms with Crippen molar-refractivity contribution in [2.24, 2.45) is 0 Å². The van der Waals surface area contributed by atoms with Gasteiger partial charge in [-0.05, 0) is 56.2 Å². The average Bonchev–Trinajstić information content (AvgIpc) is 3.36. The van der Waals surface area contributed by atoms with E-state index in [2.05, 4.69) is 15.3 Å². The molecule has 2 aromatic carbocycles. The van der Waals surface area contributed by atoms with Gasteiger partial charge in [0.2, 0.25) is 0 Å². The third kappa shape index (κ3) is 7.74. The third-order valence-corrected chi connectivity index (χ3v) is 7.51. The molecule has 2 amide bonds.